The summed E-state index contributed by atoms with van der Waals surface area (Å²) in [6, 6.07) is 7.86. The molecule has 4 aromatic carbocycles. The average Bonchev–Trinajstić information content (AvgIpc) is 3.25. The van der Waals surface area contributed by atoms with Crippen LogP contribution >= 0.6 is 60.8 Å². The molecule has 0 unspecified atom stereocenters. The Kier molecular flexibility index (Phi) is 19.4. The van der Waals surface area contributed by atoms with E-state index in [1.54, 1.807) is 0 Å². The van der Waals surface area contributed by atoms with Crippen LogP contribution in [0.2, 0.25) is 0 Å². The molecule has 0 amide bonds. The van der Waals surface area contributed by atoms with Crippen molar-refractivity contribution in [1.29, 1.82) is 0 Å². The first-order chi connectivity index (χ1) is 36.0. The highest BCUT2D eigenvalue weighted by Crippen LogP contribution is 2.72. The maximum absolute atomic E-state index is 12.7. The summed E-state index contributed by atoms with van der Waals surface area (Å²) in [4.78, 5) is 163. The summed E-state index contributed by atoms with van der Waals surface area (Å²) in [6.45, 7) is 0. The third kappa shape index (κ3) is 13.2. The molecule has 4 aromatic rings. The van der Waals surface area contributed by atoms with Crippen LogP contribution in [0.25, 0.3) is 0 Å². The van der Waals surface area contributed by atoms with Gasteiger partial charge in [-0.05, 0) is 66.8 Å². The highest BCUT2D eigenvalue weighted by molar-refractivity contribution is 7.73. The number of hydrogen-bond acceptors (Lipinski definition) is 16. The maximum atomic E-state index is 12.7. The van der Waals surface area contributed by atoms with Crippen molar-refractivity contribution in [3.63, 3.8) is 0 Å². The van der Waals surface area contributed by atoms with Gasteiger partial charge >= 0.3 is 60.8 Å². The van der Waals surface area contributed by atoms with Crippen molar-refractivity contribution in [1.82, 2.24) is 0 Å². The van der Waals surface area contributed by atoms with Gasteiger partial charge in [0.25, 0.3) is 20.3 Å². The van der Waals surface area contributed by atoms with Gasteiger partial charge in [0.15, 0.2) is 0 Å². The summed E-state index contributed by atoms with van der Waals surface area (Å²) in [5.74, 6) is -1.10. The summed E-state index contributed by atoms with van der Waals surface area (Å²) in [5, 5.41) is 28.0. The predicted octanol–water partition coefficient (Wildman–Crippen LogP) is 0.574. The zero-order chi connectivity index (χ0) is 61.4. The summed E-state index contributed by atoms with van der Waals surface area (Å²) in [7, 11) is -45.8. The van der Waals surface area contributed by atoms with Crippen molar-refractivity contribution in [2.75, 3.05) is 28.4 Å². The Balaban J connectivity index is 2.09. The molecule has 0 aliphatic heterocycles. The van der Waals surface area contributed by atoms with E-state index < -0.39 is 155 Å². The summed E-state index contributed by atoms with van der Waals surface area (Å²) < 4.78 is 125. The average molecular weight is 1300 g/mol. The van der Waals surface area contributed by atoms with E-state index in [9.17, 15) is 135 Å². The van der Waals surface area contributed by atoms with E-state index in [0.29, 0.717) is 0 Å². The lowest BCUT2D eigenvalue weighted by molar-refractivity contribution is 0.130. The topological polar surface area (TPSA) is 578 Å². The van der Waals surface area contributed by atoms with Crippen LogP contribution in [0.1, 0.15) is 66.8 Å². The fraction of sp³-hybridized carbons (Fsp3) is 0.400. The second-order valence-electron chi connectivity index (χ2n) is 18.7. The van der Waals surface area contributed by atoms with Crippen molar-refractivity contribution >= 4 is 60.8 Å². The molecule has 0 atom stereocenters. The number of rotatable bonds is 20. The van der Waals surface area contributed by atoms with Crippen molar-refractivity contribution in [2.24, 2.45) is 0 Å². The molecular weight excluding hydrogens is 1240 g/mol. The van der Waals surface area contributed by atoms with E-state index in [4.69, 9.17) is 18.9 Å². The molecule has 0 saturated carbocycles. The molecule has 0 fully saturated rings. The van der Waals surface area contributed by atoms with E-state index in [-0.39, 0.29) is 67.5 Å². The number of methoxy groups -OCH3 is 4. The monoisotopic (exact) mass is 1300 g/mol. The van der Waals surface area contributed by atoms with E-state index in [1.165, 1.54) is 0 Å². The van der Waals surface area contributed by atoms with Crippen LogP contribution in [0.4, 0.5) is 0 Å². The minimum absolute atomic E-state index is 0.226. The molecule has 32 nitrogen and oxygen atoms in total. The Morgan fingerprint density at radius 3 is 0.487 bits per heavy atom. The van der Waals surface area contributed by atoms with Crippen molar-refractivity contribution in [3.8, 4) is 23.0 Å². The molecule has 0 heterocycles. The predicted molar refractivity (Wildman–Crippen MR) is 274 cm³/mol. The van der Waals surface area contributed by atoms with Crippen molar-refractivity contribution in [2.45, 2.75) is 71.7 Å². The first-order valence-electron chi connectivity index (χ1n) is 22.1. The smallest absolute Gasteiger partial charge is 0.369 e. The Labute approximate surface area is 451 Å². The molecule has 0 saturated heterocycles. The van der Waals surface area contributed by atoms with E-state index in [0.717, 1.165) is 77.0 Å². The first kappa shape index (κ1) is 67.9. The molecule has 448 valence electrons. The minimum atomic E-state index is -6.26. The molecule has 20 N–H and O–H groups in total. The first-order valence-corrected chi connectivity index (χ1v) is 35.0. The quantitative estimate of drug-likeness (QED) is 0.0474. The zero-order valence-corrected chi connectivity index (χ0v) is 48.9. The van der Waals surface area contributed by atoms with Gasteiger partial charge in [0, 0.05) is 51.4 Å². The van der Waals surface area contributed by atoms with E-state index >= 15 is 0 Å². The lowest BCUT2D eigenvalue weighted by atomic mass is 9.87. The number of ether oxygens (including phenoxy) is 4. The van der Waals surface area contributed by atoms with Crippen LogP contribution in [0.15, 0.2) is 48.5 Å². The maximum Gasteiger partial charge on any atom is 0.369 e. The third-order valence-electron chi connectivity index (χ3n) is 13.0. The van der Waals surface area contributed by atoms with Gasteiger partial charge in [-0.3, -0.25) is 36.5 Å². The number of benzene rings is 4. The van der Waals surface area contributed by atoms with Crippen LogP contribution in [-0.4, -0.2) is 147 Å². The standard InChI is InChI=1S/C40H56O32P8/c1-69-33-25-5-21(17-37(41,73(45,46)47)74(48,49)50)6-26(33)14-28-8-23(19-39(43,77(57,58)59)78(60,61)62)10-30(35(28)71-3)16-32-12-24(20-40(44,79(63,64)65)80(66,67)68)11-31(36(32)72-4)15-29-9-22(7-27(13-25)34(29)70-2)18-38(42,75(51,52)53)76(54,55)56/h5-12,41-44H,13-20H2,1-4H3,(H2,45,46,47)(H2,48,49,50)(H2,51,52,53)(H2,54,55,56)(H2,57,58,59)(H2,60,61,62)(H2,63,64,65)(H2,66,67,68). The highest BCUT2D eigenvalue weighted by atomic mass is 31.3. The zero-order valence-electron chi connectivity index (χ0n) is 41.7. The molecule has 8 bridgehead atoms. The van der Waals surface area contributed by atoms with Gasteiger partial charge in [-0.2, -0.15) is 0 Å². The van der Waals surface area contributed by atoms with Gasteiger partial charge in [-0.25, -0.2) is 0 Å². The van der Waals surface area contributed by atoms with Gasteiger partial charge in [0.2, 0.25) is 0 Å². The third-order valence-corrected chi connectivity index (χ3v) is 28.0. The van der Waals surface area contributed by atoms with Crippen LogP contribution in [-0.2, 0) is 87.9 Å². The van der Waals surface area contributed by atoms with Crippen LogP contribution < -0.4 is 18.9 Å². The normalized spacial score (nSPS) is 14.9. The SMILES string of the molecule is COc1c2cc(CC(O)(P(=O)(O)O)P(=O)(O)O)cc1Cc1cc(CC(O)(P(=O)(O)O)P(=O)(O)O)cc(c1OC)Cc1cc(CC(O)(P(=O)(O)O)P(=O)(O)O)cc(c1OC)Cc1cc(CC(O)(P(=O)(O)O)P(=O)(O)O)cc(c1OC)C2. The molecule has 0 aromatic heterocycles. The van der Waals surface area contributed by atoms with Gasteiger partial charge < -0.3 is 118 Å². The molecule has 40 heteroatoms. The highest BCUT2D eigenvalue weighted by Gasteiger charge is 2.62. The van der Waals surface area contributed by atoms with E-state index in [1.807, 2.05) is 0 Å². The van der Waals surface area contributed by atoms with Gasteiger partial charge in [0.05, 0.1) is 28.4 Å². The second-order valence-corrected chi connectivity index (χ2v) is 34.7. The molecule has 1 aliphatic rings. The summed E-state index contributed by atoms with van der Waals surface area (Å²) >= 11 is 0. The second kappa shape index (κ2) is 22.8. The van der Waals surface area contributed by atoms with Crippen LogP contribution in [0.3, 0.4) is 0 Å². The van der Waals surface area contributed by atoms with Crippen LogP contribution in [0.5, 0.6) is 23.0 Å². The Morgan fingerprint density at radius 2 is 0.400 bits per heavy atom. The number of hydrogen-bond donors (Lipinski definition) is 20. The fourth-order valence-corrected chi connectivity index (χ4v) is 17.8. The van der Waals surface area contributed by atoms with Crippen LogP contribution in [0, 0.1) is 0 Å². The molecule has 0 radical (unpaired) electrons. The summed E-state index contributed by atoms with van der Waals surface area (Å²) in [5.41, 5.74) is -3.90. The molecule has 0 spiro atoms. The Hall–Kier alpha value is -2.88. The lowest BCUT2D eigenvalue weighted by Gasteiger charge is -2.31. The molecule has 1 aliphatic carbocycles. The van der Waals surface area contributed by atoms with Gasteiger partial charge in [-0.15, -0.1) is 0 Å². The molecule has 80 heavy (non-hydrogen) atoms. The fourth-order valence-electron chi connectivity index (χ4n) is 9.23. The number of aliphatic hydroxyl groups is 4. The van der Waals surface area contributed by atoms with Gasteiger partial charge in [-0.1, -0.05) is 48.5 Å². The molecule has 5 rings (SSSR count). The number of fused-ring (bicyclic) bond motifs is 8. The Bertz CT molecular complexity index is 2840. The lowest BCUT2D eigenvalue weighted by Crippen LogP contribution is -2.31. The summed E-state index contributed by atoms with van der Waals surface area (Å²) in [6.07, 6.45) is -9.15. The van der Waals surface area contributed by atoms with Crippen molar-refractivity contribution < 1.29 is 154 Å². The van der Waals surface area contributed by atoms with Gasteiger partial charge in [0.1, 0.15) is 23.0 Å². The minimum Gasteiger partial charge on any atom is -0.496 e. The van der Waals surface area contributed by atoms with Crippen molar-refractivity contribution in [3.05, 3.63) is 115 Å². The molecular formula is C40H56O32P8. The Morgan fingerprint density at radius 1 is 0.287 bits per heavy atom. The largest absolute Gasteiger partial charge is 0.496 e. The van der Waals surface area contributed by atoms with E-state index in [2.05, 4.69) is 0 Å².